The summed E-state index contributed by atoms with van der Waals surface area (Å²) in [5.74, 6) is 0. The molecular formula is C16H18N2OS. The van der Waals surface area contributed by atoms with Gasteiger partial charge in [-0.3, -0.25) is 4.68 Å². The zero-order chi connectivity index (χ0) is 14.1. The highest BCUT2D eigenvalue weighted by atomic mass is 32.1. The summed E-state index contributed by atoms with van der Waals surface area (Å²) in [6, 6.07) is 10.3. The second-order valence-corrected chi connectivity index (χ2v) is 5.91. The molecule has 2 aromatic heterocycles. The van der Waals surface area contributed by atoms with Crippen molar-refractivity contribution >= 4 is 21.4 Å². The smallest absolute Gasteiger partial charge is 0.0859 e. The molecule has 3 nitrogen and oxygen atoms in total. The molecule has 0 aliphatic heterocycles. The van der Waals surface area contributed by atoms with Crippen LogP contribution in [0.2, 0.25) is 0 Å². The number of hydrogen-bond acceptors (Lipinski definition) is 3. The van der Waals surface area contributed by atoms with Gasteiger partial charge in [-0.05, 0) is 42.3 Å². The van der Waals surface area contributed by atoms with Crippen LogP contribution in [0.5, 0.6) is 0 Å². The zero-order valence-corrected chi connectivity index (χ0v) is 12.5. The van der Waals surface area contributed by atoms with Crippen LogP contribution in [0.4, 0.5) is 0 Å². The molecule has 20 heavy (non-hydrogen) atoms. The van der Waals surface area contributed by atoms with Gasteiger partial charge in [-0.1, -0.05) is 18.2 Å². The third-order valence-electron chi connectivity index (χ3n) is 3.56. The van der Waals surface area contributed by atoms with Crippen molar-refractivity contribution in [1.29, 1.82) is 0 Å². The van der Waals surface area contributed by atoms with Gasteiger partial charge in [0.2, 0.25) is 0 Å². The Morgan fingerprint density at radius 2 is 2.15 bits per heavy atom. The molecule has 0 saturated carbocycles. The molecule has 104 valence electrons. The van der Waals surface area contributed by atoms with E-state index >= 15 is 0 Å². The third-order valence-corrected chi connectivity index (χ3v) is 4.54. The number of nitrogens with zero attached hydrogens (tertiary/aromatic N) is 2. The van der Waals surface area contributed by atoms with Crippen molar-refractivity contribution in [1.82, 2.24) is 9.78 Å². The van der Waals surface area contributed by atoms with Crippen LogP contribution in [0, 0.1) is 6.92 Å². The fraction of sp³-hybridized carbons (Fsp3) is 0.312. The molecule has 3 rings (SSSR count). The Morgan fingerprint density at radius 1 is 1.35 bits per heavy atom. The van der Waals surface area contributed by atoms with Crippen LogP contribution in [0.15, 0.2) is 35.7 Å². The maximum Gasteiger partial charge on any atom is 0.0859 e. The maximum absolute atomic E-state index is 10.6. The van der Waals surface area contributed by atoms with Gasteiger partial charge in [-0.25, -0.2) is 0 Å². The second kappa shape index (κ2) is 5.38. The molecule has 0 bridgehead atoms. The number of fused-ring (bicyclic) bond motifs is 1. The molecule has 0 saturated heterocycles. The average molecular weight is 286 g/mol. The van der Waals surface area contributed by atoms with E-state index in [0.29, 0.717) is 6.42 Å². The number of thiophene rings is 1. The van der Waals surface area contributed by atoms with Gasteiger partial charge in [-0.15, -0.1) is 11.3 Å². The van der Waals surface area contributed by atoms with E-state index in [0.717, 1.165) is 28.9 Å². The van der Waals surface area contributed by atoms with Crippen LogP contribution in [0.25, 0.3) is 10.1 Å². The van der Waals surface area contributed by atoms with Gasteiger partial charge >= 0.3 is 0 Å². The Hall–Kier alpha value is -1.65. The molecule has 1 N–H and O–H groups in total. The molecule has 2 heterocycles. The molecule has 0 fully saturated rings. The molecule has 0 radical (unpaired) electrons. The normalized spacial score (nSPS) is 12.9. The van der Waals surface area contributed by atoms with Crippen LogP contribution in [0.3, 0.4) is 0 Å². The SMILES string of the molecule is CCn1nc(C)cc1CC(O)c1csc2ccccc12. The molecule has 0 aliphatic carbocycles. The monoisotopic (exact) mass is 286 g/mol. The van der Waals surface area contributed by atoms with Crippen molar-refractivity contribution in [2.75, 3.05) is 0 Å². The fourth-order valence-electron chi connectivity index (χ4n) is 2.60. The van der Waals surface area contributed by atoms with Crippen molar-refractivity contribution in [3.8, 4) is 0 Å². The van der Waals surface area contributed by atoms with E-state index in [-0.39, 0.29) is 0 Å². The fourth-order valence-corrected chi connectivity index (χ4v) is 3.61. The summed E-state index contributed by atoms with van der Waals surface area (Å²) in [5, 5.41) is 18.2. The summed E-state index contributed by atoms with van der Waals surface area (Å²) in [7, 11) is 0. The van der Waals surface area contributed by atoms with E-state index < -0.39 is 6.10 Å². The number of benzene rings is 1. The van der Waals surface area contributed by atoms with Crippen molar-refractivity contribution in [2.24, 2.45) is 0 Å². The van der Waals surface area contributed by atoms with E-state index in [9.17, 15) is 5.11 Å². The van der Waals surface area contributed by atoms with Gasteiger partial charge in [0.25, 0.3) is 0 Å². The molecule has 4 heteroatoms. The van der Waals surface area contributed by atoms with Crippen molar-refractivity contribution in [2.45, 2.75) is 32.9 Å². The van der Waals surface area contributed by atoms with E-state index in [1.165, 1.54) is 4.70 Å². The van der Waals surface area contributed by atoms with Crippen LogP contribution in [-0.4, -0.2) is 14.9 Å². The third kappa shape index (κ3) is 2.37. The van der Waals surface area contributed by atoms with Gasteiger partial charge in [0, 0.05) is 23.4 Å². The maximum atomic E-state index is 10.6. The Morgan fingerprint density at radius 3 is 2.95 bits per heavy atom. The Kier molecular flexibility index (Phi) is 3.59. The Bertz CT molecular complexity index is 729. The highest BCUT2D eigenvalue weighted by Gasteiger charge is 2.16. The number of aliphatic hydroxyl groups is 1. The first-order chi connectivity index (χ1) is 9.69. The van der Waals surface area contributed by atoms with E-state index in [1.54, 1.807) is 11.3 Å². The minimum Gasteiger partial charge on any atom is -0.388 e. The molecule has 1 unspecified atom stereocenters. The minimum absolute atomic E-state index is 0.479. The predicted molar refractivity (Wildman–Crippen MR) is 83.1 cm³/mol. The van der Waals surface area contributed by atoms with Crippen LogP contribution in [0.1, 0.15) is 30.0 Å². The number of aryl methyl sites for hydroxylation is 2. The number of rotatable bonds is 4. The Labute approximate surface area is 122 Å². The van der Waals surface area contributed by atoms with Gasteiger partial charge in [-0.2, -0.15) is 5.10 Å². The topological polar surface area (TPSA) is 38.0 Å². The molecule has 3 aromatic rings. The van der Waals surface area contributed by atoms with E-state index in [4.69, 9.17) is 0 Å². The van der Waals surface area contributed by atoms with E-state index in [1.807, 2.05) is 23.7 Å². The van der Waals surface area contributed by atoms with Crippen LogP contribution >= 0.6 is 11.3 Å². The molecule has 0 amide bonds. The quantitative estimate of drug-likeness (QED) is 0.794. The average Bonchev–Trinajstić information content (AvgIpc) is 3.02. The van der Waals surface area contributed by atoms with Crippen LogP contribution in [-0.2, 0) is 13.0 Å². The lowest BCUT2D eigenvalue weighted by Gasteiger charge is -2.11. The van der Waals surface area contributed by atoms with Gasteiger partial charge in [0.1, 0.15) is 0 Å². The summed E-state index contributed by atoms with van der Waals surface area (Å²) in [6.45, 7) is 4.89. The zero-order valence-electron chi connectivity index (χ0n) is 11.7. The lowest BCUT2D eigenvalue weighted by molar-refractivity contribution is 0.177. The summed E-state index contributed by atoms with van der Waals surface area (Å²) < 4.78 is 3.19. The highest BCUT2D eigenvalue weighted by Crippen LogP contribution is 2.31. The van der Waals surface area contributed by atoms with Crippen molar-refractivity contribution < 1.29 is 5.11 Å². The molecular weight excluding hydrogens is 268 g/mol. The van der Waals surface area contributed by atoms with Crippen LogP contribution < -0.4 is 0 Å². The largest absolute Gasteiger partial charge is 0.388 e. The summed E-state index contributed by atoms with van der Waals surface area (Å²) >= 11 is 1.69. The second-order valence-electron chi connectivity index (χ2n) is 5.00. The summed E-state index contributed by atoms with van der Waals surface area (Å²) in [4.78, 5) is 0. The van der Waals surface area contributed by atoms with Gasteiger partial charge in [0.05, 0.1) is 11.8 Å². The number of hydrogen-bond donors (Lipinski definition) is 1. The minimum atomic E-state index is -0.479. The predicted octanol–water partition coefficient (Wildman–Crippen LogP) is 3.70. The summed E-state index contributed by atoms with van der Waals surface area (Å²) in [5.41, 5.74) is 3.11. The van der Waals surface area contributed by atoms with E-state index in [2.05, 4.69) is 35.6 Å². The highest BCUT2D eigenvalue weighted by molar-refractivity contribution is 7.17. The molecule has 0 spiro atoms. The van der Waals surface area contributed by atoms with Gasteiger partial charge in [0.15, 0.2) is 0 Å². The van der Waals surface area contributed by atoms with Crippen molar-refractivity contribution in [3.05, 3.63) is 52.7 Å². The first-order valence-corrected chi connectivity index (χ1v) is 7.74. The lowest BCUT2D eigenvalue weighted by Crippen LogP contribution is -2.08. The number of aromatic nitrogens is 2. The first-order valence-electron chi connectivity index (χ1n) is 6.86. The Balaban J connectivity index is 1.91. The van der Waals surface area contributed by atoms with Gasteiger partial charge < -0.3 is 5.11 Å². The number of aliphatic hydroxyl groups excluding tert-OH is 1. The first kappa shape index (κ1) is 13.3. The molecule has 0 aliphatic rings. The molecule has 1 aromatic carbocycles. The van der Waals surface area contributed by atoms with Crippen molar-refractivity contribution in [3.63, 3.8) is 0 Å². The standard InChI is InChI=1S/C16H18N2OS/c1-3-18-12(8-11(2)17-18)9-15(19)14-10-20-16-7-5-4-6-13(14)16/h4-8,10,15,19H,3,9H2,1-2H3. The summed E-state index contributed by atoms with van der Waals surface area (Å²) in [6.07, 6.45) is 0.127. The lowest BCUT2D eigenvalue weighted by atomic mass is 10.0. The molecule has 1 atom stereocenters.